The van der Waals surface area contributed by atoms with Crippen molar-refractivity contribution in [2.24, 2.45) is 0 Å². The van der Waals surface area contributed by atoms with E-state index in [2.05, 4.69) is 5.32 Å². The number of nitrogens with zero attached hydrogens (tertiary/aromatic N) is 3. The van der Waals surface area contributed by atoms with Gasteiger partial charge in [-0.2, -0.15) is 5.10 Å². The molecule has 3 aromatic rings. The van der Waals surface area contributed by atoms with Crippen LogP contribution in [0, 0.1) is 10.1 Å². The molecule has 27 heavy (non-hydrogen) atoms. The highest BCUT2D eigenvalue weighted by atomic mass is 35.5. The minimum Gasteiger partial charge on any atom is -0.316 e. The quantitative estimate of drug-likeness (QED) is 0.549. The summed E-state index contributed by atoms with van der Waals surface area (Å²) in [4.78, 5) is 10.5. The van der Waals surface area contributed by atoms with Gasteiger partial charge < -0.3 is 5.32 Å². The molecule has 6 nitrogen and oxygen atoms in total. The van der Waals surface area contributed by atoms with Crippen LogP contribution in [0.25, 0.3) is 11.3 Å². The summed E-state index contributed by atoms with van der Waals surface area (Å²) in [6, 6.07) is 14.4. The van der Waals surface area contributed by atoms with E-state index < -0.39 is 0 Å². The molecule has 1 aliphatic heterocycles. The highest BCUT2D eigenvalue weighted by Crippen LogP contribution is 2.29. The molecule has 1 aliphatic rings. The molecule has 0 fully saturated rings. The third-order valence-electron chi connectivity index (χ3n) is 4.85. The van der Waals surface area contributed by atoms with Gasteiger partial charge >= 0.3 is 0 Å². The van der Waals surface area contributed by atoms with E-state index in [-0.39, 0.29) is 10.6 Å². The Balaban J connectivity index is 1.71. The summed E-state index contributed by atoms with van der Waals surface area (Å²) in [6.45, 7) is 2.43. The van der Waals surface area contributed by atoms with Crippen molar-refractivity contribution in [3.05, 3.63) is 80.5 Å². The van der Waals surface area contributed by atoms with E-state index in [9.17, 15) is 10.1 Å². The first-order chi connectivity index (χ1) is 13.1. The lowest BCUT2D eigenvalue weighted by Gasteiger charge is -2.07. The van der Waals surface area contributed by atoms with Gasteiger partial charge in [0.2, 0.25) is 0 Å². The molecular weight excluding hydrogens is 364 g/mol. The van der Waals surface area contributed by atoms with E-state index in [4.69, 9.17) is 16.7 Å². The van der Waals surface area contributed by atoms with Gasteiger partial charge in [0.15, 0.2) is 0 Å². The first-order valence-electron chi connectivity index (χ1n) is 8.90. The summed E-state index contributed by atoms with van der Waals surface area (Å²) in [5, 5.41) is 19.9. The van der Waals surface area contributed by atoms with Gasteiger partial charge in [0.1, 0.15) is 0 Å². The largest absolute Gasteiger partial charge is 0.316 e. The number of rotatable bonds is 4. The molecule has 1 N–H and O–H groups in total. The number of fused-ring (bicyclic) bond motifs is 1. The number of hydrogen-bond donors (Lipinski definition) is 1. The molecule has 0 amide bonds. The van der Waals surface area contributed by atoms with Crippen molar-refractivity contribution in [1.82, 2.24) is 15.1 Å². The maximum absolute atomic E-state index is 10.9. The molecule has 138 valence electrons. The Labute approximate surface area is 161 Å². The Kier molecular flexibility index (Phi) is 4.92. The standard InChI is InChI=1S/C20H19ClN4O2/c21-16-5-3-15(4-6-16)20-18-9-11-22-12-10-19(18)24(23-20)13-14-1-7-17(8-2-14)25(26)27/h1-8,22H,9-13H2. The molecule has 0 spiro atoms. The van der Waals surface area contributed by atoms with Crippen molar-refractivity contribution in [2.75, 3.05) is 13.1 Å². The number of halogens is 1. The Morgan fingerprint density at radius 2 is 1.78 bits per heavy atom. The van der Waals surface area contributed by atoms with Crippen molar-refractivity contribution in [2.45, 2.75) is 19.4 Å². The molecule has 0 atom stereocenters. The van der Waals surface area contributed by atoms with Crippen LogP contribution in [-0.2, 0) is 19.4 Å². The first kappa shape index (κ1) is 17.7. The van der Waals surface area contributed by atoms with Gasteiger partial charge in [-0.25, -0.2) is 0 Å². The van der Waals surface area contributed by atoms with E-state index in [1.165, 1.54) is 11.3 Å². The molecule has 0 radical (unpaired) electrons. The van der Waals surface area contributed by atoms with Crippen LogP contribution in [0.2, 0.25) is 5.02 Å². The van der Waals surface area contributed by atoms with Crippen molar-refractivity contribution >= 4 is 17.3 Å². The minimum atomic E-state index is -0.381. The number of benzene rings is 2. The number of nitro groups is 1. The van der Waals surface area contributed by atoms with Crippen molar-refractivity contribution in [1.29, 1.82) is 0 Å². The molecule has 0 saturated heterocycles. The van der Waals surface area contributed by atoms with Crippen LogP contribution in [-0.4, -0.2) is 27.8 Å². The zero-order chi connectivity index (χ0) is 18.8. The topological polar surface area (TPSA) is 73.0 Å². The maximum atomic E-state index is 10.9. The number of aromatic nitrogens is 2. The van der Waals surface area contributed by atoms with Gasteiger partial charge in [-0.1, -0.05) is 35.9 Å². The lowest BCUT2D eigenvalue weighted by atomic mass is 10.0. The van der Waals surface area contributed by atoms with Gasteiger partial charge in [0.25, 0.3) is 5.69 Å². The Morgan fingerprint density at radius 3 is 2.48 bits per heavy atom. The van der Waals surface area contributed by atoms with Crippen LogP contribution in [0.15, 0.2) is 48.5 Å². The fourth-order valence-electron chi connectivity index (χ4n) is 3.49. The molecule has 0 unspecified atom stereocenters. The molecule has 0 aliphatic carbocycles. The Hall–Kier alpha value is -2.70. The van der Waals surface area contributed by atoms with Crippen LogP contribution in [0.5, 0.6) is 0 Å². The van der Waals surface area contributed by atoms with Crippen molar-refractivity contribution in [3.8, 4) is 11.3 Å². The normalized spacial score (nSPS) is 13.8. The zero-order valence-electron chi connectivity index (χ0n) is 14.7. The third kappa shape index (κ3) is 3.72. The van der Waals surface area contributed by atoms with Gasteiger partial charge in [-0.3, -0.25) is 14.8 Å². The SMILES string of the molecule is O=[N+]([O-])c1ccc(Cn2nc(-c3ccc(Cl)cc3)c3c2CCNCC3)cc1. The second-order valence-electron chi connectivity index (χ2n) is 6.61. The number of non-ortho nitro benzene ring substituents is 1. The summed E-state index contributed by atoms with van der Waals surface area (Å²) in [7, 11) is 0. The first-order valence-corrected chi connectivity index (χ1v) is 9.28. The minimum absolute atomic E-state index is 0.101. The van der Waals surface area contributed by atoms with Crippen LogP contribution in [0.4, 0.5) is 5.69 Å². The monoisotopic (exact) mass is 382 g/mol. The van der Waals surface area contributed by atoms with Gasteiger partial charge in [-0.15, -0.1) is 0 Å². The maximum Gasteiger partial charge on any atom is 0.269 e. The molecular formula is C20H19ClN4O2. The molecule has 4 rings (SSSR count). The average Bonchev–Trinajstić information content (AvgIpc) is 2.84. The predicted molar refractivity (Wildman–Crippen MR) is 105 cm³/mol. The predicted octanol–water partition coefficient (Wildman–Crippen LogP) is 3.85. The van der Waals surface area contributed by atoms with E-state index in [0.29, 0.717) is 11.6 Å². The van der Waals surface area contributed by atoms with Crippen molar-refractivity contribution in [3.63, 3.8) is 0 Å². The van der Waals surface area contributed by atoms with Crippen LogP contribution in [0.1, 0.15) is 16.8 Å². The smallest absolute Gasteiger partial charge is 0.269 e. The summed E-state index contributed by atoms with van der Waals surface area (Å²) in [5.41, 5.74) is 5.63. The third-order valence-corrected chi connectivity index (χ3v) is 5.11. The summed E-state index contributed by atoms with van der Waals surface area (Å²) in [5.74, 6) is 0. The second-order valence-corrected chi connectivity index (χ2v) is 7.05. The molecule has 7 heteroatoms. The fourth-order valence-corrected chi connectivity index (χ4v) is 3.61. The number of nitro benzene ring substituents is 1. The highest BCUT2D eigenvalue weighted by molar-refractivity contribution is 6.30. The van der Waals surface area contributed by atoms with Gasteiger partial charge in [0.05, 0.1) is 17.2 Å². The number of nitrogens with one attached hydrogen (secondary N) is 1. The van der Waals surface area contributed by atoms with E-state index >= 15 is 0 Å². The molecule has 1 aromatic heterocycles. The van der Waals surface area contributed by atoms with Crippen LogP contribution in [0.3, 0.4) is 0 Å². The zero-order valence-corrected chi connectivity index (χ0v) is 15.4. The summed E-state index contributed by atoms with van der Waals surface area (Å²) in [6.07, 6.45) is 1.83. The summed E-state index contributed by atoms with van der Waals surface area (Å²) >= 11 is 6.03. The Morgan fingerprint density at radius 1 is 1.07 bits per heavy atom. The summed E-state index contributed by atoms with van der Waals surface area (Å²) < 4.78 is 2.04. The van der Waals surface area contributed by atoms with Crippen LogP contribution >= 0.6 is 11.6 Å². The van der Waals surface area contributed by atoms with E-state index in [1.54, 1.807) is 24.3 Å². The van der Waals surface area contributed by atoms with E-state index in [0.717, 1.165) is 42.8 Å². The highest BCUT2D eigenvalue weighted by Gasteiger charge is 2.21. The van der Waals surface area contributed by atoms with Gasteiger partial charge in [-0.05, 0) is 30.7 Å². The van der Waals surface area contributed by atoms with Crippen LogP contribution < -0.4 is 5.32 Å². The second kappa shape index (κ2) is 7.50. The Bertz CT molecular complexity index is 965. The molecule has 0 bridgehead atoms. The fraction of sp³-hybridized carbons (Fsp3) is 0.250. The number of hydrogen-bond acceptors (Lipinski definition) is 4. The lowest BCUT2D eigenvalue weighted by molar-refractivity contribution is -0.384. The average molecular weight is 383 g/mol. The lowest BCUT2D eigenvalue weighted by Crippen LogP contribution is -2.17. The molecule has 2 aromatic carbocycles. The molecule has 2 heterocycles. The van der Waals surface area contributed by atoms with Crippen molar-refractivity contribution < 1.29 is 4.92 Å². The van der Waals surface area contributed by atoms with Gasteiger partial charge in [0, 0.05) is 46.9 Å². The van der Waals surface area contributed by atoms with E-state index in [1.807, 2.05) is 28.9 Å². The molecule has 0 saturated carbocycles.